The van der Waals surface area contributed by atoms with E-state index in [1.54, 1.807) is 0 Å². The van der Waals surface area contributed by atoms with Crippen LogP contribution in [0.4, 0.5) is 0 Å². The normalized spacial score (nSPS) is 19.4. The van der Waals surface area contributed by atoms with E-state index in [4.69, 9.17) is 9.47 Å². The third-order valence-corrected chi connectivity index (χ3v) is 5.60. The van der Waals surface area contributed by atoms with Crippen molar-refractivity contribution in [1.82, 2.24) is 0 Å². The van der Waals surface area contributed by atoms with Crippen LogP contribution in [0.25, 0.3) is 0 Å². The van der Waals surface area contributed by atoms with Gasteiger partial charge in [-0.05, 0) is 63.0 Å². The molecule has 0 aromatic heterocycles. The molecule has 2 rings (SSSR count). The molecule has 1 saturated carbocycles. The lowest BCUT2D eigenvalue weighted by Crippen LogP contribution is -2.20. The minimum atomic E-state index is -0.0370. The molecule has 0 bridgehead atoms. The highest BCUT2D eigenvalue weighted by molar-refractivity contribution is 5.75. The Kier molecular flexibility index (Phi) is 16.5. The molecule has 3 atom stereocenters. The Morgan fingerprint density at radius 1 is 1.10 bits per heavy atom. The number of benzene rings is 1. The molecule has 3 heteroatoms. The molecule has 1 aliphatic rings. The van der Waals surface area contributed by atoms with Crippen LogP contribution in [0.5, 0.6) is 0 Å². The van der Waals surface area contributed by atoms with Crippen LogP contribution in [0.2, 0.25) is 0 Å². The number of rotatable bonds is 9. The van der Waals surface area contributed by atoms with Gasteiger partial charge in [0, 0.05) is 18.8 Å². The first-order chi connectivity index (χ1) is 14.0. The summed E-state index contributed by atoms with van der Waals surface area (Å²) in [5.41, 5.74) is 2.15. The summed E-state index contributed by atoms with van der Waals surface area (Å²) in [6, 6.07) is 8.16. The van der Waals surface area contributed by atoms with Gasteiger partial charge in [-0.15, -0.1) is 13.2 Å². The maximum atomic E-state index is 10.9. The molecule has 1 aromatic carbocycles. The SMILES string of the molecule is C=C.CCCC1CCCC(C(C)c2cccc(C=O)c2)C1.CCOC(C)OCC. The average molecular weight is 405 g/mol. The van der Waals surface area contributed by atoms with Gasteiger partial charge < -0.3 is 9.47 Å². The maximum Gasteiger partial charge on any atom is 0.154 e. The molecule has 0 amide bonds. The van der Waals surface area contributed by atoms with Crippen molar-refractivity contribution in [3.05, 3.63) is 48.6 Å². The summed E-state index contributed by atoms with van der Waals surface area (Å²) >= 11 is 0. The predicted molar refractivity (Wildman–Crippen MR) is 125 cm³/mol. The molecule has 1 aliphatic carbocycles. The standard InChI is InChI=1S/C18H26O.C6H14O2.C2H4/c1-3-6-15-7-4-9-17(11-15)14(2)18-10-5-8-16(12-18)13-19;1-4-7-6(3)8-5-2;1-2/h5,8,10,12-15,17H,3-4,6-7,9,11H2,1-2H3;6H,4-5H2,1-3H3;1-2H2. The van der Waals surface area contributed by atoms with Gasteiger partial charge in [0.2, 0.25) is 0 Å². The Labute approximate surface area is 179 Å². The molecule has 0 spiro atoms. The van der Waals surface area contributed by atoms with Gasteiger partial charge >= 0.3 is 0 Å². The summed E-state index contributed by atoms with van der Waals surface area (Å²) in [6.45, 7) is 17.9. The highest BCUT2D eigenvalue weighted by Gasteiger charge is 2.26. The predicted octanol–water partition coefficient (Wildman–Crippen LogP) is 7.42. The summed E-state index contributed by atoms with van der Waals surface area (Å²) in [5, 5.41) is 0. The lowest BCUT2D eigenvalue weighted by atomic mass is 9.72. The van der Waals surface area contributed by atoms with Gasteiger partial charge in [-0.2, -0.15) is 0 Å². The van der Waals surface area contributed by atoms with E-state index >= 15 is 0 Å². The minimum absolute atomic E-state index is 0.0370. The van der Waals surface area contributed by atoms with Crippen LogP contribution in [0.3, 0.4) is 0 Å². The molecule has 3 unspecified atom stereocenters. The van der Waals surface area contributed by atoms with Crippen molar-refractivity contribution in [3.63, 3.8) is 0 Å². The zero-order valence-electron chi connectivity index (χ0n) is 19.5. The van der Waals surface area contributed by atoms with Crippen molar-refractivity contribution in [2.24, 2.45) is 11.8 Å². The van der Waals surface area contributed by atoms with Crippen LogP contribution in [-0.2, 0) is 9.47 Å². The van der Waals surface area contributed by atoms with Crippen LogP contribution >= 0.6 is 0 Å². The second-order valence-electron chi connectivity index (χ2n) is 7.64. The van der Waals surface area contributed by atoms with E-state index in [9.17, 15) is 4.79 Å². The molecule has 1 fully saturated rings. The maximum absolute atomic E-state index is 10.9. The highest BCUT2D eigenvalue weighted by Crippen LogP contribution is 2.39. The topological polar surface area (TPSA) is 35.5 Å². The van der Waals surface area contributed by atoms with Gasteiger partial charge in [-0.25, -0.2) is 0 Å². The lowest BCUT2D eigenvalue weighted by molar-refractivity contribution is -0.123. The van der Waals surface area contributed by atoms with E-state index in [2.05, 4.69) is 39.1 Å². The Hall–Kier alpha value is -1.45. The summed E-state index contributed by atoms with van der Waals surface area (Å²) in [5.74, 6) is 2.31. The van der Waals surface area contributed by atoms with Gasteiger partial charge in [-0.1, -0.05) is 57.7 Å². The molecule has 29 heavy (non-hydrogen) atoms. The molecule has 0 N–H and O–H groups in total. The molecule has 0 heterocycles. The largest absolute Gasteiger partial charge is 0.353 e. The zero-order valence-corrected chi connectivity index (χ0v) is 19.5. The number of hydrogen-bond acceptors (Lipinski definition) is 3. The molecule has 1 aromatic rings. The fourth-order valence-corrected chi connectivity index (χ4v) is 4.16. The Bertz CT molecular complexity index is 520. The Balaban J connectivity index is 0.000000664. The van der Waals surface area contributed by atoms with Crippen LogP contribution in [0, 0.1) is 11.8 Å². The molecular weight excluding hydrogens is 360 g/mol. The van der Waals surface area contributed by atoms with Gasteiger partial charge in [0.25, 0.3) is 0 Å². The van der Waals surface area contributed by atoms with Gasteiger partial charge in [-0.3, -0.25) is 4.79 Å². The third-order valence-electron chi connectivity index (χ3n) is 5.60. The van der Waals surface area contributed by atoms with E-state index in [-0.39, 0.29) is 6.29 Å². The van der Waals surface area contributed by atoms with Gasteiger partial charge in [0.1, 0.15) is 6.29 Å². The summed E-state index contributed by atoms with van der Waals surface area (Å²) in [4.78, 5) is 10.9. The monoisotopic (exact) mass is 404 g/mol. The number of ether oxygens (including phenoxy) is 2. The van der Waals surface area contributed by atoms with E-state index in [1.807, 2.05) is 32.9 Å². The lowest BCUT2D eigenvalue weighted by Gasteiger charge is -2.33. The van der Waals surface area contributed by atoms with Crippen molar-refractivity contribution in [3.8, 4) is 0 Å². The van der Waals surface area contributed by atoms with E-state index in [0.717, 1.165) is 36.9 Å². The van der Waals surface area contributed by atoms with E-state index < -0.39 is 0 Å². The second kappa shape index (κ2) is 17.4. The van der Waals surface area contributed by atoms with Crippen molar-refractivity contribution >= 4 is 6.29 Å². The number of carbonyl (C=O) groups excluding carboxylic acids is 1. The quantitative estimate of drug-likeness (QED) is 0.244. The molecule has 166 valence electrons. The van der Waals surface area contributed by atoms with Crippen molar-refractivity contribution in [1.29, 1.82) is 0 Å². The van der Waals surface area contributed by atoms with Gasteiger partial charge in [0.15, 0.2) is 6.29 Å². The molecule has 0 radical (unpaired) electrons. The van der Waals surface area contributed by atoms with Crippen LogP contribution < -0.4 is 0 Å². The second-order valence-corrected chi connectivity index (χ2v) is 7.64. The van der Waals surface area contributed by atoms with Crippen molar-refractivity contribution in [2.45, 2.75) is 85.4 Å². The van der Waals surface area contributed by atoms with E-state index in [1.165, 1.54) is 44.1 Å². The third kappa shape index (κ3) is 11.3. The molecule has 0 saturated heterocycles. The highest BCUT2D eigenvalue weighted by atomic mass is 16.7. The first-order valence-electron chi connectivity index (χ1n) is 11.3. The number of carbonyl (C=O) groups is 1. The summed E-state index contributed by atoms with van der Waals surface area (Å²) in [6.07, 6.45) is 9.15. The minimum Gasteiger partial charge on any atom is -0.353 e. The van der Waals surface area contributed by atoms with Gasteiger partial charge in [0.05, 0.1) is 0 Å². The molecule has 0 aliphatic heterocycles. The molecule has 3 nitrogen and oxygen atoms in total. The fraction of sp³-hybridized carbons (Fsp3) is 0.654. The fourth-order valence-electron chi connectivity index (χ4n) is 4.16. The zero-order chi connectivity index (χ0) is 22.1. The Morgan fingerprint density at radius 3 is 2.31 bits per heavy atom. The number of aldehydes is 1. The van der Waals surface area contributed by atoms with Crippen molar-refractivity contribution in [2.75, 3.05) is 13.2 Å². The van der Waals surface area contributed by atoms with Crippen LogP contribution in [-0.4, -0.2) is 25.8 Å². The van der Waals surface area contributed by atoms with Crippen LogP contribution in [0.15, 0.2) is 37.4 Å². The Morgan fingerprint density at radius 2 is 1.76 bits per heavy atom. The van der Waals surface area contributed by atoms with E-state index in [0.29, 0.717) is 5.92 Å². The first kappa shape index (κ1) is 27.5. The summed E-state index contributed by atoms with van der Waals surface area (Å²) < 4.78 is 10.1. The van der Waals surface area contributed by atoms with Crippen molar-refractivity contribution < 1.29 is 14.3 Å². The first-order valence-corrected chi connectivity index (χ1v) is 11.3. The smallest absolute Gasteiger partial charge is 0.154 e. The van der Waals surface area contributed by atoms with Crippen LogP contribution in [0.1, 0.15) is 95.0 Å². The molecular formula is C26H44O3. The summed E-state index contributed by atoms with van der Waals surface area (Å²) in [7, 11) is 0. The number of hydrogen-bond donors (Lipinski definition) is 0. The average Bonchev–Trinajstić information content (AvgIpc) is 2.76.